The molecule has 2 aliphatic rings. The summed E-state index contributed by atoms with van der Waals surface area (Å²) < 4.78 is 16.8. The maximum atomic E-state index is 12.9. The van der Waals surface area contributed by atoms with Crippen LogP contribution in [0.4, 0.5) is 0 Å². The van der Waals surface area contributed by atoms with Gasteiger partial charge in [-0.2, -0.15) is 0 Å². The summed E-state index contributed by atoms with van der Waals surface area (Å²) in [6, 6.07) is 10.8. The van der Waals surface area contributed by atoms with Gasteiger partial charge >= 0.3 is 5.97 Å². The average molecular weight is 378 g/mol. The predicted octanol–water partition coefficient (Wildman–Crippen LogP) is 4.75. The third-order valence-electron chi connectivity index (χ3n) is 5.06. The third kappa shape index (κ3) is 3.17. The van der Waals surface area contributed by atoms with Gasteiger partial charge in [0, 0.05) is 17.0 Å². The molecule has 0 spiro atoms. The van der Waals surface area contributed by atoms with E-state index in [2.05, 4.69) is 13.8 Å². The standard InChI is InChI=1S/C23H22O5/c1-13(2)10-15-12-20(24)27-18-9-8-16-22(25)19(28-23(16)21(15)18)11-14-6-4-5-7-17(14)26-3/h4-9,11,13,15H,10,12H2,1-3H3/b19-11-/t15-/m0/s1. The number of carbonyl (C=O) groups excluding carboxylic acids is 2. The molecule has 0 N–H and O–H groups in total. The van der Waals surface area contributed by atoms with Crippen molar-refractivity contribution in [3.63, 3.8) is 0 Å². The third-order valence-corrected chi connectivity index (χ3v) is 5.06. The van der Waals surface area contributed by atoms with Crippen molar-refractivity contribution in [1.29, 1.82) is 0 Å². The van der Waals surface area contributed by atoms with Crippen LogP contribution in [0.2, 0.25) is 0 Å². The normalized spacial score (nSPS) is 19.3. The van der Waals surface area contributed by atoms with Gasteiger partial charge in [-0.1, -0.05) is 32.0 Å². The molecule has 0 unspecified atom stereocenters. The lowest BCUT2D eigenvalue weighted by molar-refractivity contribution is -0.136. The first-order valence-corrected chi connectivity index (χ1v) is 9.42. The zero-order valence-corrected chi connectivity index (χ0v) is 16.2. The highest BCUT2D eigenvalue weighted by Gasteiger charge is 2.38. The summed E-state index contributed by atoms with van der Waals surface area (Å²) in [6.07, 6.45) is 2.81. The Morgan fingerprint density at radius 1 is 1.14 bits per heavy atom. The Morgan fingerprint density at radius 3 is 2.68 bits per heavy atom. The molecule has 0 aromatic heterocycles. The first-order valence-electron chi connectivity index (χ1n) is 9.42. The van der Waals surface area contributed by atoms with E-state index in [0.717, 1.165) is 17.5 Å². The van der Waals surface area contributed by atoms with Gasteiger partial charge in [-0.05, 0) is 36.6 Å². The van der Waals surface area contributed by atoms with E-state index < -0.39 is 0 Å². The molecule has 4 rings (SSSR count). The van der Waals surface area contributed by atoms with E-state index >= 15 is 0 Å². The number of hydrogen-bond acceptors (Lipinski definition) is 5. The van der Waals surface area contributed by atoms with E-state index in [9.17, 15) is 9.59 Å². The number of carbonyl (C=O) groups is 2. The highest BCUT2D eigenvalue weighted by molar-refractivity contribution is 6.15. The van der Waals surface area contributed by atoms with E-state index in [1.807, 2.05) is 24.3 Å². The van der Waals surface area contributed by atoms with Crippen LogP contribution in [0, 0.1) is 5.92 Å². The van der Waals surface area contributed by atoms with Crippen LogP contribution in [0.25, 0.3) is 6.08 Å². The molecular formula is C23H22O5. The second-order valence-corrected chi connectivity index (χ2v) is 7.54. The number of methoxy groups -OCH3 is 1. The zero-order valence-electron chi connectivity index (χ0n) is 16.2. The van der Waals surface area contributed by atoms with E-state index in [1.165, 1.54) is 0 Å². The van der Waals surface area contributed by atoms with Gasteiger partial charge in [0.15, 0.2) is 5.76 Å². The minimum absolute atomic E-state index is 0.0235. The fourth-order valence-corrected chi connectivity index (χ4v) is 3.89. The topological polar surface area (TPSA) is 61.8 Å². The highest BCUT2D eigenvalue weighted by atomic mass is 16.5. The Labute approximate surface area is 163 Å². The number of benzene rings is 2. The van der Waals surface area contributed by atoms with Gasteiger partial charge in [0.25, 0.3) is 0 Å². The Bertz CT molecular complexity index is 986. The van der Waals surface area contributed by atoms with E-state index in [-0.39, 0.29) is 23.4 Å². The Hall–Kier alpha value is -3.08. The van der Waals surface area contributed by atoms with Gasteiger partial charge in [0.05, 0.1) is 19.1 Å². The van der Waals surface area contributed by atoms with Crippen LogP contribution < -0.4 is 14.2 Å². The number of rotatable bonds is 4. The van der Waals surface area contributed by atoms with Crippen LogP contribution in [-0.2, 0) is 4.79 Å². The number of para-hydroxylation sites is 1. The van der Waals surface area contributed by atoms with Crippen molar-refractivity contribution >= 4 is 17.8 Å². The average Bonchev–Trinajstić information content (AvgIpc) is 2.97. The van der Waals surface area contributed by atoms with Crippen molar-refractivity contribution in [3.05, 3.63) is 58.8 Å². The number of hydrogen-bond donors (Lipinski definition) is 0. The number of ether oxygens (including phenoxy) is 3. The fourth-order valence-electron chi connectivity index (χ4n) is 3.89. The Morgan fingerprint density at radius 2 is 1.93 bits per heavy atom. The minimum atomic E-state index is -0.243. The molecule has 5 nitrogen and oxygen atoms in total. The molecule has 144 valence electrons. The molecule has 0 aliphatic carbocycles. The molecule has 5 heteroatoms. The predicted molar refractivity (Wildman–Crippen MR) is 105 cm³/mol. The van der Waals surface area contributed by atoms with E-state index in [1.54, 1.807) is 25.3 Å². The molecule has 2 aromatic carbocycles. The molecule has 0 saturated heterocycles. The van der Waals surface area contributed by atoms with Gasteiger partial charge in [-0.3, -0.25) is 9.59 Å². The maximum absolute atomic E-state index is 12.9. The molecule has 2 aliphatic heterocycles. The van der Waals surface area contributed by atoms with Crippen molar-refractivity contribution in [3.8, 4) is 17.2 Å². The van der Waals surface area contributed by atoms with Crippen molar-refractivity contribution in [2.45, 2.75) is 32.6 Å². The SMILES string of the molecule is COc1ccccc1/C=C1\Oc2c(ccc3c2[C@@H](CC(C)C)CC(=O)O3)C1=O. The summed E-state index contributed by atoms with van der Waals surface area (Å²) in [4.78, 5) is 24.9. The van der Waals surface area contributed by atoms with Crippen LogP contribution in [-0.4, -0.2) is 18.9 Å². The first-order chi connectivity index (χ1) is 13.5. The Balaban J connectivity index is 1.77. The molecule has 28 heavy (non-hydrogen) atoms. The summed E-state index contributed by atoms with van der Waals surface area (Å²) in [5.74, 6) is 1.87. The van der Waals surface area contributed by atoms with Crippen molar-refractivity contribution in [2.24, 2.45) is 5.92 Å². The summed E-state index contributed by atoms with van der Waals surface area (Å²) in [6.45, 7) is 4.23. The molecule has 0 fully saturated rings. The molecule has 0 amide bonds. The lowest BCUT2D eigenvalue weighted by atomic mass is 9.84. The number of ketones is 1. The van der Waals surface area contributed by atoms with Gasteiger partial charge in [-0.25, -0.2) is 0 Å². The highest BCUT2D eigenvalue weighted by Crippen LogP contribution is 2.48. The molecule has 2 heterocycles. The van der Waals surface area contributed by atoms with Crippen LogP contribution in [0.15, 0.2) is 42.2 Å². The summed E-state index contributed by atoms with van der Waals surface area (Å²) in [5.41, 5.74) is 2.09. The monoisotopic (exact) mass is 378 g/mol. The number of fused-ring (bicyclic) bond motifs is 3. The molecule has 2 aromatic rings. The number of allylic oxidation sites excluding steroid dienone is 1. The lowest BCUT2D eigenvalue weighted by Crippen LogP contribution is -2.21. The van der Waals surface area contributed by atoms with Crippen LogP contribution in [0.3, 0.4) is 0 Å². The molecule has 0 bridgehead atoms. The van der Waals surface area contributed by atoms with Crippen LogP contribution >= 0.6 is 0 Å². The lowest BCUT2D eigenvalue weighted by Gasteiger charge is -2.27. The number of Topliss-reactive ketones (excluding diaryl/α,β-unsaturated/α-hetero) is 1. The van der Waals surface area contributed by atoms with Gasteiger partial charge in [0.2, 0.25) is 5.78 Å². The quantitative estimate of drug-likeness (QED) is 0.436. The van der Waals surface area contributed by atoms with Crippen molar-refractivity contribution < 1.29 is 23.8 Å². The summed E-state index contributed by atoms with van der Waals surface area (Å²) >= 11 is 0. The second kappa shape index (κ2) is 7.15. The first kappa shape index (κ1) is 18.3. The van der Waals surface area contributed by atoms with E-state index in [4.69, 9.17) is 14.2 Å². The van der Waals surface area contributed by atoms with Gasteiger partial charge in [0.1, 0.15) is 17.2 Å². The molecular weight excluding hydrogens is 356 g/mol. The van der Waals surface area contributed by atoms with Crippen molar-refractivity contribution in [2.75, 3.05) is 7.11 Å². The van der Waals surface area contributed by atoms with Crippen molar-refractivity contribution in [1.82, 2.24) is 0 Å². The van der Waals surface area contributed by atoms with E-state index in [0.29, 0.717) is 35.2 Å². The summed E-state index contributed by atoms with van der Waals surface area (Å²) in [7, 11) is 1.59. The second-order valence-electron chi connectivity index (χ2n) is 7.54. The van der Waals surface area contributed by atoms with Gasteiger partial charge in [-0.15, -0.1) is 0 Å². The zero-order chi connectivity index (χ0) is 19.8. The van der Waals surface area contributed by atoms with Crippen LogP contribution in [0.5, 0.6) is 17.2 Å². The molecule has 0 radical (unpaired) electrons. The largest absolute Gasteiger partial charge is 0.496 e. The number of esters is 1. The molecule has 1 atom stereocenters. The summed E-state index contributed by atoms with van der Waals surface area (Å²) in [5, 5.41) is 0. The Kier molecular flexibility index (Phi) is 4.67. The molecule has 0 saturated carbocycles. The smallest absolute Gasteiger partial charge is 0.311 e. The fraction of sp³-hybridized carbons (Fsp3) is 0.304. The van der Waals surface area contributed by atoms with Crippen LogP contribution in [0.1, 0.15) is 54.1 Å². The minimum Gasteiger partial charge on any atom is -0.496 e. The maximum Gasteiger partial charge on any atom is 0.311 e. The van der Waals surface area contributed by atoms with Gasteiger partial charge < -0.3 is 14.2 Å².